The lowest BCUT2D eigenvalue weighted by molar-refractivity contribution is 0.102. The molecule has 2 heterocycles. The van der Waals surface area contributed by atoms with Gasteiger partial charge in [-0.25, -0.2) is 4.79 Å². The molecule has 0 aliphatic rings. The number of benzene rings is 1. The highest BCUT2D eigenvalue weighted by atomic mass is 16.4. The van der Waals surface area contributed by atoms with Crippen LogP contribution in [-0.2, 0) is 0 Å². The first-order valence-corrected chi connectivity index (χ1v) is 7.76. The Balaban J connectivity index is 1.95. The number of carbonyl (C=O) groups is 1. The average molecular weight is 325 g/mol. The minimum Gasteiger partial charge on any atom is -0.423 e. The van der Waals surface area contributed by atoms with Crippen LogP contribution in [0.1, 0.15) is 41.4 Å². The van der Waals surface area contributed by atoms with E-state index in [0.717, 1.165) is 16.5 Å². The largest absolute Gasteiger partial charge is 0.423 e. The summed E-state index contributed by atoms with van der Waals surface area (Å²) < 4.78 is 6.95. The molecule has 6 nitrogen and oxygen atoms in total. The molecule has 1 amide bonds. The Hall–Kier alpha value is -2.89. The maximum Gasteiger partial charge on any atom is 0.336 e. The minimum atomic E-state index is -0.378. The summed E-state index contributed by atoms with van der Waals surface area (Å²) in [7, 11) is 0. The van der Waals surface area contributed by atoms with Gasteiger partial charge in [-0.3, -0.25) is 9.48 Å². The van der Waals surface area contributed by atoms with E-state index in [9.17, 15) is 9.59 Å². The molecule has 0 saturated heterocycles. The Kier molecular flexibility index (Phi) is 3.97. The highest BCUT2D eigenvalue weighted by Gasteiger charge is 2.13. The van der Waals surface area contributed by atoms with E-state index >= 15 is 0 Å². The van der Waals surface area contributed by atoms with Crippen LogP contribution in [0, 0.1) is 13.8 Å². The molecule has 2 aromatic heterocycles. The second-order valence-corrected chi connectivity index (χ2v) is 6.17. The van der Waals surface area contributed by atoms with E-state index in [-0.39, 0.29) is 17.6 Å². The molecule has 0 bridgehead atoms. The lowest BCUT2D eigenvalue weighted by atomic mass is 10.1. The van der Waals surface area contributed by atoms with Gasteiger partial charge in [0, 0.05) is 29.4 Å². The Morgan fingerprint density at radius 3 is 2.62 bits per heavy atom. The van der Waals surface area contributed by atoms with Crippen LogP contribution in [0.25, 0.3) is 11.0 Å². The molecular weight excluding hydrogens is 306 g/mol. The second kappa shape index (κ2) is 5.96. The highest BCUT2D eigenvalue weighted by molar-refractivity contribution is 6.05. The zero-order valence-electron chi connectivity index (χ0n) is 14.1. The summed E-state index contributed by atoms with van der Waals surface area (Å²) in [5.41, 5.74) is 2.95. The number of hydrogen-bond acceptors (Lipinski definition) is 4. The zero-order valence-corrected chi connectivity index (χ0v) is 14.1. The summed E-state index contributed by atoms with van der Waals surface area (Å²) in [4.78, 5) is 23.9. The number of hydrogen-bond donors (Lipinski definition) is 1. The molecular formula is C18H19N3O3. The van der Waals surface area contributed by atoms with Gasteiger partial charge in [0.05, 0.1) is 11.8 Å². The number of rotatable bonds is 3. The number of carbonyl (C=O) groups excluding carboxylic acids is 1. The van der Waals surface area contributed by atoms with Crippen LogP contribution in [-0.4, -0.2) is 15.7 Å². The number of anilines is 1. The molecule has 0 saturated carbocycles. The summed E-state index contributed by atoms with van der Waals surface area (Å²) in [6, 6.07) is 5.22. The van der Waals surface area contributed by atoms with Gasteiger partial charge in [-0.1, -0.05) is 0 Å². The van der Waals surface area contributed by atoms with Crippen LogP contribution in [0.4, 0.5) is 5.69 Å². The number of nitrogens with one attached hydrogen (secondary N) is 1. The summed E-state index contributed by atoms with van der Waals surface area (Å²) in [6.45, 7) is 7.69. The van der Waals surface area contributed by atoms with Crippen LogP contribution in [0.5, 0.6) is 0 Å². The van der Waals surface area contributed by atoms with Crippen molar-refractivity contribution in [3.05, 3.63) is 57.7 Å². The first-order valence-electron chi connectivity index (χ1n) is 7.76. The maximum absolute atomic E-state index is 12.4. The van der Waals surface area contributed by atoms with Crippen LogP contribution < -0.4 is 10.9 Å². The molecule has 24 heavy (non-hydrogen) atoms. The van der Waals surface area contributed by atoms with E-state index in [0.29, 0.717) is 16.8 Å². The van der Waals surface area contributed by atoms with E-state index in [2.05, 4.69) is 10.4 Å². The summed E-state index contributed by atoms with van der Waals surface area (Å²) >= 11 is 0. The Labute approximate surface area is 139 Å². The molecule has 3 aromatic rings. The molecule has 3 rings (SSSR count). The standard InChI is InChI=1S/C18H19N3O3/c1-10(2)21-9-13(8-19-21)18(23)20-15-7-14-11(3)6-17(22)24-16(14)5-12(15)4/h5-10H,1-4H3,(H,20,23). The minimum absolute atomic E-state index is 0.194. The molecule has 0 aliphatic carbocycles. The van der Waals surface area contributed by atoms with Crippen LogP contribution >= 0.6 is 0 Å². The number of fused-ring (bicyclic) bond motifs is 1. The molecule has 0 atom stereocenters. The van der Waals surface area contributed by atoms with E-state index in [4.69, 9.17) is 4.42 Å². The third-order valence-corrected chi connectivity index (χ3v) is 3.94. The molecule has 0 radical (unpaired) electrons. The highest BCUT2D eigenvalue weighted by Crippen LogP contribution is 2.25. The SMILES string of the molecule is Cc1cc2oc(=O)cc(C)c2cc1NC(=O)c1cnn(C(C)C)c1. The van der Waals surface area contributed by atoms with Crippen molar-refractivity contribution in [1.82, 2.24) is 9.78 Å². The van der Waals surface area contributed by atoms with E-state index in [1.54, 1.807) is 23.1 Å². The molecule has 6 heteroatoms. The van der Waals surface area contributed by atoms with Crippen molar-refractivity contribution in [2.75, 3.05) is 5.32 Å². The van der Waals surface area contributed by atoms with Gasteiger partial charge >= 0.3 is 5.63 Å². The normalized spacial score (nSPS) is 11.2. The van der Waals surface area contributed by atoms with Gasteiger partial charge in [0.1, 0.15) is 5.58 Å². The maximum atomic E-state index is 12.4. The van der Waals surface area contributed by atoms with Crippen molar-refractivity contribution in [1.29, 1.82) is 0 Å². The first-order chi connectivity index (χ1) is 11.3. The third-order valence-electron chi connectivity index (χ3n) is 3.94. The third kappa shape index (κ3) is 2.95. The molecule has 1 N–H and O–H groups in total. The Morgan fingerprint density at radius 2 is 1.96 bits per heavy atom. The van der Waals surface area contributed by atoms with Gasteiger partial charge in [0.2, 0.25) is 0 Å². The second-order valence-electron chi connectivity index (χ2n) is 6.17. The smallest absolute Gasteiger partial charge is 0.336 e. The molecule has 0 unspecified atom stereocenters. The lowest BCUT2D eigenvalue weighted by Crippen LogP contribution is -2.12. The van der Waals surface area contributed by atoms with E-state index in [1.807, 2.05) is 33.8 Å². The van der Waals surface area contributed by atoms with Gasteiger partial charge in [-0.15, -0.1) is 0 Å². The van der Waals surface area contributed by atoms with Crippen LogP contribution in [0.3, 0.4) is 0 Å². The summed E-state index contributed by atoms with van der Waals surface area (Å²) in [5, 5.41) is 7.88. The molecule has 0 aliphatic heterocycles. The quantitative estimate of drug-likeness (QED) is 0.748. The summed E-state index contributed by atoms with van der Waals surface area (Å²) in [6.07, 6.45) is 3.27. The predicted molar refractivity (Wildman–Crippen MR) is 92.5 cm³/mol. The van der Waals surface area contributed by atoms with Crippen molar-refractivity contribution in [2.45, 2.75) is 33.7 Å². The van der Waals surface area contributed by atoms with Crippen molar-refractivity contribution in [3.63, 3.8) is 0 Å². The Bertz CT molecular complexity index is 983. The fourth-order valence-corrected chi connectivity index (χ4v) is 2.53. The van der Waals surface area contributed by atoms with Crippen LogP contribution in [0.15, 0.2) is 39.8 Å². The first kappa shape index (κ1) is 16.0. The fourth-order valence-electron chi connectivity index (χ4n) is 2.53. The van der Waals surface area contributed by atoms with Gasteiger partial charge in [-0.05, 0) is 51.0 Å². The number of aromatic nitrogens is 2. The van der Waals surface area contributed by atoms with Crippen molar-refractivity contribution in [3.8, 4) is 0 Å². The predicted octanol–water partition coefficient (Wildman–Crippen LogP) is 3.44. The lowest BCUT2D eigenvalue weighted by Gasteiger charge is -2.10. The fraction of sp³-hybridized carbons (Fsp3) is 0.278. The van der Waals surface area contributed by atoms with Gasteiger partial charge in [0.25, 0.3) is 5.91 Å². The molecule has 0 spiro atoms. The monoisotopic (exact) mass is 325 g/mol. The number of amides is 1. The van der Waals surface area contributed by atoms with Gasteiger partial charge in [-0.2, -0.15) is 5.10 Å². The van der Waals surface area contributed by atoms with E-state index in [1.165, 1.54) is 6.07 Å². The number of aryl methyl sites for hydroxylation is 2. The van der Waals surface area contributed by atoms with Crippen LogP contribution in [0.2, 0.25) is 0 Å². The van der Waals surface area contributed by atoms with Crippen molar-refractivity contribution in [2.24, 2.45) is 0 Å². The average Bonchev–Trinajstić information content (AvgIpc) is 2.98. The van der Waals surface area contributed by atoms with Crippen molar-refractivity contribution >= 4 is 22.6 Å². The molecule has 124 valence electrons. The topological polar surface area (TPSA) is 77.1 Å². The van der Waals surface area contributed by atoms with Crippen molar-refractivity contribution < 1.29 is 9.21 Å². The zero-order chi connectivity index (χ0) is 17.4. The Morgan fingerprint density at radius 1 is 1.21 bits per heavy atom. The summed E-state index contributed by atoms with van der Waals surface area (Å²) in [5.74, 6) is -0.223. The molecule has 1 aromatic carbocycles. The van der Waals surface area contributed by atoms with E-state index < -0.39 is 0 Å². The van der Waals surface area contributed by atoms with Gasteiger partial charge in [0.15, 0.2) is 0 Å². The van der Waals surface area contributed by atoms with Gasteiger partial charge < -0.3 is 9.73 Å². The number of nitrogens with zero attached hydrogens (tertiary/aromatic N) is 2. The molecule has 0 fully saturated rings.